The van der Waals surface area contributed by atoms with Crippen LogP contribution >= 0.6 is 22.9 Å². The number of thiazole rings is 1. The third-order valence-corrected chi connectivity index (χ3v) is 5.98. The van der Waals surface area contributed by atoms with Crippen molar-refractivity contribution in [2.75, 3.05) is 13.1 Å². The quantitative estimate of drug-likeness (QED) is 0.655. The van der Waals surface area contributed by atoms with Gasteiger partial charge in [0.25, 0.3) is 11.1 Å². The lowest BCUT2D eigenvalue weighted by atomic mass is 10.1. The van der Waals surface area contributed by atoms with Gasteiger partial charge >= 0.3 is 0 Å². The minimum Gasteiger partial charge on any atom is -0.467 e. The van der Waals surface area contributed by atoms with Gasteiger partial charge in [-0.2, -0.15) is 5.10 Å². The number of rotatable bonds is 4. The number of carbonyl (C=O) groups is 1. The van der Waals surface area contributed by atoms with E-state index in [4.69, 9.17) is 16.3 Å². The van der Waals surface area contributed by atoms with Crippen molar-refractivity contribution in [1.29, 1.82) is 0 Å². The van der Waals surface area contributed by atoms with Crippen molar-refractivity contribution in [3.05, 3.63) is 40.7 Å². The van der Waals surface area contributed by atoms with Gasteiger partial charge in [0.2, 0.25) is 0 Å². The largest absolute Gasteiger partial charge is 0.467 e. The number of aryl methyl sites for hydroxylation is 2. The van der Waals surface area contributed by atoms with Crippen LogP contribution in [0.2, 0.25) is 5.02 Å². The van der Waals surface area contributed by atoms with Gasteiger partial charge in [-0.3, -0.25) is 9.48 Å². The number of likely N-dealkylation sites (tertiary alicyclic amines) is 1. The Morgan fingerprint density at radius 3 is 2.85 bits per heavy atom. The normalized spacial score (nSPS) is 15.4. The molecule has 0 aliphatic carbocycles. The molecule has 3 heterocycles. The zero-order valence-corrected chi connectivity index (χ0v) is 16.9. The summed E-state index contributed by atoms with van der Waals surface area (Å²) in [5.74, 6) is 0.0441. The van der Waals surface area contributed by atoms with Gasteiger partial charge in [-0.1, -0.05) is 29.0 Å². The zero-order valence-electron chi connectivity index (χ0n) is 15.3. The van der Waals surface area contributed by atoms with E-state index in [9.17, 15) is 4.79 Å². The summed E-state index contributed by atoms with van der Waals surface area (Å²) >= 11 is 7.70. The highest BCUT2D eigenvalue weighted by atomic mass is 35.5. The van der Waals surface area contributed by atoms with Crippen LogP contribution in [0.25, 0.3) is 10.2 Å². The molecule has 1 saturated heterocycles. The standard InChI is InChI=1S/C19H21ClN4O2S/c1-3-24-15(11-12(2)22-24)18(25)23-9-7-13(8-10-23)26-19-21-17-14(20)5-4-6-16(17)27-19/h4-6,11,13H,3,7-10H2,1-2H3. The third kappa shape index (κ3) is 3.66. The van der Waals surface area contributed by atoms with Crippen molar-refractivity contribution >= 4 is 39.1 Å². The Hall–Kier alpha value is -2.12. The lowest BCUT2D eigenvalue weighted by Gasteiger charge is -2.31. The van der Waals surface area contributed by atoms with Crippen molar-refractivity contribution in [3.8, 4) is 5.19 Å². The number of amides is 1. The fourth-order valence-corrected chi connectivity index (χ4v) is 4.57. The van der Waals surface area contributed by atoms with Crippen LogP contribution in [-0.4, -0.2) is 44.8 Å². The monoisotopic (exact) mass is 404 g/mol. The number of ether oxygens (including phenoxy) is 1. The van der Waals surface area contributed by atoms with Gasteiger partial charge in [0.05, 0.1) is 15.4 Å². The maximum absolute atomic E-state index is 12.8. The summed E-state index contributed by atoms with van der Waals surface area (Å²) in [5, 5.41) is 5.65. The second-order valence-corrected chi connectivity index (χ2v) is 8.06. The van der Waals surface area contributed by atoms with Gasteiger partial charge in [0.15, 0.2) is 0 Å². The minimum atomic E-state index is 0.0441. The molecule has 1 aliphatic rings. The van der Waals surface area contributed by atoms with E-state index in [1.807, 2.05) is 43.0 Å². The average molecular weight is 405 g/mol. The second kappa shape index (κ2) is 7.48. The van der Waals surface area contributed by atoms with Crippen LogP contribution in [0.1, 0.15) is 35.9 Å². The molecule has 0 saturated carbocycles. The summed E-state index contributed by atoms with van der Waals surface area (Å²) in [7, 11) is 0. The van der Waals surface area contributed by atoms with Crippen molar-refractivity contribution in [1.82, 2.24) is 19.7 Å². The first-order chi connectivity index (χ1) is 13.0. The number of halogens is 1. The van der Waals surface area contributed by atoms with Crippen LogP contribution in [0.15, 0.2) is 24.3 Å². The van der Waals surface area contributed by atoms with Crippen LogP contribution in [0, 0.1) is 6.92 Å². The smallest absolute Gasteiger partial charge is 0.274 e. The summed E-state index contributed by atoms with van der Waals surface area (Å²) in [5.41, 5.74) is 2.32. The zero-order chi connectivity index (χ0) is 19.0. The van der Waals surface area contributed by atoms with Gasteiger partial charge in [-0.05, 0) is 32.0 Å². The Balaban J connectivity index is 1.39. The molecule has 2 aromatic heterocycles. The first-order valence-corrected chi connectivity index (χ1v) is 10.3. The molecular formula is C19H21ClN4O2S. The first-order valence-electron chi connectivity index (χ1n) is 9.10. The molecule has 0 N–H and O–H groups in total. The molecule has 3 aromatic rings. The second-order valence-electron chi connectivity index (χ2n) is 6.66. The number of carbonyl (C=O) groups excluding carboxylic acids is 1. The van der Waals surface area contributed by atoms with E-state index in [1.165, 1.54) is 11.3 Å². The fourth-order valence-electron chi connectivity index (χ4n) is 3.39. The Kier molecular flexibility index (Phi) is 5.06. The van der Waals surface area contributed by atoms with Gasteiger partial charge in [-0.15, -0.1) is 0 Å². The van der Waals surface area contributed by atoms with E-state index in [-0.39, 0.29) is 12.0 Å². The molecule has 0 atom stereocenters. The molecule has 0 radical (unpaired) electrons. The molecule has 0 spiro atoms. The van der Waals surface area contributed by atoms with E-state index < -0.39 is 0 Å². The Morgan fingerprint density at radius 1 is 1.37 bits per heavy atom. The number of piperidine rings is 1. The van der Waals surface area contributed by atoms with E-state index >= 15 is 0 Å². The van der Waals surface area contributed by atoms with Crippen LogP contribution in [0.5, 0.6) is 5.19 Å². The number of fused-ring (bicyclic) bond motifs is 1. The van der Waals surface area contributed by atoms with Crippen LogP contribution in [0.4, 0.5) is 0 Å². The molecule has 27 heavy (non-hydrogen) atoms. The number of nitrogens with zero attached hydrogens (tertiary/aromatic N) is 4. The van der Waals surface area contributed by atoms with E-state index in [1.54, 1.807) is 4.68 Å². The molecule has 1 amide bonds. The number of benzene rings is 1. The predicted octanol–water partition coefficient (Wildman–Crippen LogP) is 4.16. The van der Waals surface area contributed by atoms with Crippen LogP contribution in [-0.2, 0) is 6.54 Å². The van der Waals surface area contributed by atoms with E-state index in [2.05, 4.69) is 10.1 Å². The highest BCUT2D eigenvalue weighted by Crippen LogP contribution is 2.33. The summed E-state index contributed by atoms with van der Waals surface area (Å²) in [4.78, 5) is 19.2. The summed E-state index contributed by atoms with van der Waals surface area (Å²) in [6.07, 6.45) is 1.63. The highest BCUT2D eigenvalue weighted by Gasteiger charge is 2.27. The predicted molar refractivity (Wildman–Crippen MR) is 107 cm³/mol. The van der Waals surface area contributed by atoms with Crippen LogP contribution < -0.4 is 4.74 Å². The molecule has 0 unspecified atom stereocenters. The highest BCUT2D eigenvalue weighted by molar-refractivity contribution is 7.20. The molecule has 1 fully saturated rings. The van der Waals surface area contributed by atoms with Crippen molar-refractivity contribution < 1.29 is 9.53 Å². The number of aromatic nitrogens is 3. The van der Waals surface area contributed by atoms with Crippen LogP contribution in [0.3, 0.4) is 0 Å². The molecule has 142 valence electrons. The van der Waals surface area contributed by atoms with Gasteiger partial charge in [0.1, 0.15) is 17.3 Å². The lowest BCUT2D eigenvalue weighted by molar-refractivity contribution is 0.0584. The average Bonchev–Trinajstić information content (AvgIpc) is 3.25. The maximum Gasteiger partial charge on any atom is 0.274 e. The summed E-state index contributed by atoms with van der Waals surface area (Å²) in [6, 6.07) is 7.60. The summed E-state index contributed by atoms with van der Waals surface area (Å²) in [6.45, 7) is 5.93. The van der Waals surface area contributed by atoms with Gasteiger partial charge < -0.3 is 9.64 Å². The topological polar surface area (TPSA) is 60.2 Å². The molecule has 4 rings (SSSR count). The van der Waals surface area contributed by atoms with Crippen molar-refractivity contribution in [3.63, 3.8) is 0 Å². The van der Waals surface area contributed by atoms with E-state index in [0.717, 1.165) is 28.8 Å². The summed E-state index contributed by atoms with van der Waals surface area (Å²) < 4.78 is 8.86. The van der Waals surface area contributed by atoms with Crippen molar-refractivity contribution in [2.24, 2.45) is 0 Å². The SMILES string of the molecule is CCn1nc(C)cc1C(=O)N1CCC(Oc2nc3c(Cl)cccc3s2)CC1. The number of hydrogen-bond acceptors (Lipinski definition) is 5. The molecular weight excluding hydrogens is 384 g/mol. The first kappa shape index (κ1) is 18.3. The molecule has 6 nitrogen and oxygen atoms in total. The minimum absolute atomic E-state index is 0.0441. The number of hydrogen-bond donors (Lipinski definition) is 0. The van der Waals surface area contributed by atoms with Gasteiger partial charge in [-0.25, -0.2) is 4.98 Å². The Labute approximate surface area is 166 Å². The fraction of sp³-hybridized carbons (Fsp3) is 0.421. The molecule has 0 bridgehead atoms. The Morgan fingerprint density at radius 2 is 2.15 bits per heavy atom. The van der Waals surface area contributed by atoms with Gasteiger partial charge in [0, 0.05) is 32.5 Å². The molecule has 1 aromatic carbocycles. The third-order valence-electron chi connectivity index (χ3n) is 4.77. The maximum atomic E-state index is 12.8. The van der Waals surface area contributed by atoms with E-state index in [0.29, 0.717) is 35.5 Å². The van der Waals surface area contributed by atoms with Crippen molar-refractivity contribution in [2.45, 2.75) is 39.3 Å². The Bertz CT molecular complexity index is 975. The lowest BCUT2D eigenvalue weighted by Crippen LogP contribution is -2.42. The molecule has 1 aliphatic heterocycles. The number of para-hydroxylation sites is 1. The molecule has 8 heteroatoms.